The van der Waals surface area contributed by atoms with Crippen LogP contribution in [0.1, 0.15) is 45.2 Å². The van der Waals surface area contributed by atoms with E-state index in [1.807, 2.05) is 19.1 Å². The zero-order chi connectivity index (χ0) is 25.0. The fourth-order valence-electron chi connectivity index (χ4n) is 3.95. The lowest BCUT2D eigenvalue weighted by molar-refractivity contribution is 0.0952. The average molecular weight is 492 g/mol. The molecule has 0 bridgehead atoms. The van der Waals surface area contributed by atoms with Crippen molar-refractivity contribution in [1.29, 1.82) is 0 Å². The van der Waals surface area contributed by atoms with Gasteiger partial charge in [0.1, 0.15) is 0 Å². The number of aryl methyl sites for hydroxylation is 2. The molecule has 0 aliphatic carbocycles. The van der Waals surface area contributed by atoms with Gasteiger partial charge in [-0.1, -0.05) is 55.5 Å². The third-order valence-corrected chi connectivity index (χ3v) is 7.27. The quantitative estimate of drug-likeness (QED) is 0.374. The fraction of sp³-hybridized carbons (Fsp3) is 0.269. The van der Waals surface area contributed by atoms with E-state index in [9.17, 15) is 13.2 Å². The number of pyridine rings is 1. The van der Waals surface area contributed by atoms with Crippen molar-refractivity contribution < 1.29 is 13.2 Å². The number of nitrogens with one attached hydrogen (secondary N) is 2. The summed E-state index contributed by atoms with van der Waals surface area (Å²) in [6.45, 7) is 4.73. The summed E-state index contributed by atoms with van der Waals surface area (Å²) in [5.41, 5.74) is 5.61. The topological polar surface area (TPSA) is 106 Å². The third kappa shape index (κ3) is 5.75. The summed E-state index contributed by atoms with van der Waals surface area (Å²) in [7, 11) is -2.04. The first kappa shape index (κ1) is 24.6. The fourth-order valence-corrected chi connectivity index (χ4v) is 4.78. The number of carbonyl (C=O) groups excluding carboxylic acids is 1. The van der Waals surface area contributed by atoms with Crippen LogP contribution in [0.5, 0.6) is 0 Å². The highest BCUT2D eigenvalue weighted by atomic mass is 32.2. The third-order valence-electron chi connectivity index (χ3n) is 5.96. The molecule has 2 aromatic heterocycles. The van der Waals surface area contributed by atoms with Gasteiger partial charge in [0, 0.05) is 12.2 Å². The summed E-state index contributed by atoms with van der Waals surface area (Å²) in [5.74, 6) is -0.418. The van der Waals surface area contributed by atoms with Gasteiger partial charge in [0.2, 0.25) is 10.0 Å². The molecule has 35 heavy (non-hydrogen) atoms. The van der Waals surface area contributed by atoms with Gasteiger partial charge in [-0.3, -0.25) is 4.79 Å². The van der Waals surface area contributed by atoms with E-state index in [1.165, 1.54) is 12.6 Å². The van der Waals surface area contributed by atoms with Crippen molar-refractivity contribution in [3.8, 4) is 0 Å². The monoisotopic (exact) mass is 491 g/mol. The number of hydrogen-bond donors (Lipinski definition) is 2. The summed E-state index contributed by atoms with van der Waals surface area (Å²) in [6.07, 6.45) is 2.66. The Morgan fingerprint density at radius 1 is 1.03 bits per heavy atom. The van der Waals surface area contributed by atoms with Crippen molar-refractivity contribution >= 4 is 27.0 Å². The molecule has 1 amide bonds. The van der Waals surface area contributed by atoms with Gasteiger partial charge >= 0.3 is 0 Å². The molecule has 9 heteroatoms. The van der Waals surface area contributed by atoms with Crippen molar-refractivity contribution in [3.05, 3.63) is 94.3 Å². The highest BCUT2D eigenvalue weighted by Gasteiger charge is 2.17. The van der Waals surface area contributed by atoms with E-state index in [0.717, 1.165) is 17.5 Å². The summed E-state index contributed by atoms with van der Waals surface area (Å²) in [6, 6.07) is 17.3. The molecule has 0 unspecified atom stereocenters. The summed E-state index contributed by atoms with van der Waals surface area (Å²) >= 11 is 0. The molecule has 4 aromatic rings. The summed E-state index contributed by atoms with van der Waals surface area (Å²) < 4.78 is 28.2. The van der Waals surface area contributed by atoms with Crippen molar-refractivity contribution in [1.82, 2.24) is 24.8 Å². The number of benzene rings is 2. The molecule has 182 valence electrons. The Morgan fingerprint density at radius 3 is 2.40 bits per heavy atom. The number of fused-ring (bicyclic) bond motifs is 1. The number of aromatic nitrogens is 3. The molecule has 2 heterocycles. The first-order chi connectivity index (χ1) is 16.8. The van der Waals surface area contributed by atoms with Crippen LogP contribution in [0.2, 0.25) is 0 Å². The number of sulfonamides is 1. The van der Waals surface area contributed by atoms with Crippen LogP contribution in [-0.2, 0) is 35.3 Å². The Bertz CT molecular complexity index is 1460. The number of carbonyl (C=O) groups is 1. The molecule has 0 fully saturated rings. The SMILES string of the molecule is CCc1ccc(Cn2ncc3c(C(=O)NCc4ccccc4CS(=O)(=O)NC)cc(C)nc32)cc1. The van der Waals surface area contributed by atoms with Gasteiger partial charge in [0.25, 0.3) is 5.91 Å². The minimum absolute atomic E-state index is 0.153. The largest absolute Gasteiger partial charge is 0.348 e. The second kappa shape index (κ2) is 10.4. The molecule has 2 aromatic carbocycles. The predicted octanol–water partition coefficient (Wildman–Crippen LogP) is 3.33. The highest BCUT2D eigenvalue weighted by Crippen LogP contribution is 2.20. The van der Waals surface area contributed by atoms with E-state index in [4.69, 9.17) is 0 Å². The van der Waals surface area contributed by atoms with Crippen LogP contribution >= 0.6 is 0 Å². The molecule has 0 saturated heterocycles. The van der Waals surface area contributed by atoms with E-state index in [1.54, 1.807) is 29.1 Å². The predicted molar refractivity (Wildman–Crippen MR) is 136 cm³/mol. The molecule has 8 nitrogen and oxygen atoms in total. The highest BCUT2D eigenvalue weighted by molar-refractivity contribution is 7.88. The summed E-state index contributed by atoms with van der Waals surface area (Å²) in [4.78, 5) is 17.8. The van der Waals surface area contributed by atoms with Crippen LogP contribution in [0.25, 0.3) is 11.0 Å². The molecule has 0 radical (unpaired) electrons. The van der Waals surface area contributed by atoms with E-state index >= 15 is 0 Å². The normalized spacial score (nSPS) is 11.6. The lowest BCUT2D eigenvalue weighted by atomic mass is 10.1. The maximum atomic E-state index is 13.2. The minimum atomic E-state index is -3.43. The van der Waals surface area contributed by atoms with Crippen molar-refractivity contribution in [2.45, 2.75) is 39.1 Å². The van der Waals surface area contributed by atoms with E-state index < -0.39 is 10.0 Å². The smallest absolute Gasteiger partial charge is 0.252 e. The van der Waals surface area contributed by atoms with Crippen molar-refractivity contribution in [2.75, 3.05) is 7.05 Å². The number of hydrogen-bond acceptors (Lipinski definition) is 5. The van der Waals surface area contributed by atoms with E-state index in [2.05, 4.69) is 51.3 Å². The second-order valence-electron chi connectivity index (χ2n) is 8.44. The number of amides is 1. The number of rotatable bonds is 9. The van der Waals surface area contributed by atoms with Crippen LogP contribution in [0.4, 0.5) is 0 Å². The molecule has 0 spiro atoms. The molecular formula is C26H29N5O3S. The Morgan fingerprint density at radius 2 is 1.71 bits per heavy atom. The van der Waals surface area contributed by atoms with Gasteiger partial charge in [0.05, 0.1) is 29.4 Å². The van der Waals surface area contributed by atoms with Crippen molar-refractivity contribution in [3.63, 3.8) is 0 Å². The Labute approximate surface area is 205 Å². The molecule has 0 aliphatic rings. The standard InChI is InChI=1S/C26H29N5O3S/c1-4-19-9-11-20(12-10-19)16-31-25-24(15-29-31)23(13-18(2)30-25)26(32)28-14-21-7-5-6-8-22(21)17-35(33,34)27-3/h5-13,15,27H,4,14,16-17H2,1-3H3,(H,28,32). The van der Waals surface area contributed by atoms with Gasteiger partial charge in [0.15, 0.2) is 5.65 Å². The van der Waals surface area contributed by atoms with Crippen LogP contribution in [0.3, 0.4) is 0 Å². The molecule has 0 aliphatic heterocycles. The van der Waals surface area contributed by atoms with Gasteiger partial charge in [-0.15, -0.1) is 0 Å². The van der Waals surface area contributed by atoms with Gasteiger partial charge in [-0.2, -0.15) is 5.10 Å². The Kier molecular flexibility index (Phi) is 7.28. The molecule has 2 N–H and O–H groups in total. The number of nitrogens with zero attached hydrogens (tertiary/aromatic N) is 3. The van der Waals surface area contributed by atoms with Crippen LogP contribution in [0.15, 0.2) is 60.8 Å². The van der Waals surface area contributed by atoms with E-state index in [0.29, 0.717) is 34.4 Å². The van der Waals surface area contributed by atoms with Crippen LogP contribution in [0, 0.1) is 6.92 Å². The summed E-state index contributed by atoms with van der Waals surface area (Å²) in [5, 5.41) is 8.10. The Balaban J connectivity index is 1.56. The molecule has 0 saturated carbocycles. The molecule has 0 atom stereocenters. The van der Waals surface area contributed by atoms with Crippen LogP contribution in [-0.4, -0.2) is 36.1 Å². The minimum Gasteiger partial charge on any atom is -0.348 e. The zero-order valence-corrected chi connectivity index (χ0v) is 20.9. The first-order valence-electron chi connectivity index (χ1n) is 11.5. The van der Waals surface area contributed by atoms with E-state index in [-0.39, 0.29) is 18.2 Å². The zero-order valence-electron chi connectivity index (χ0n) is 20.1. The molecule has 4 rings (SSSR count). The van der Waals surface area contributed by atoms with Gasteiger partial charge < -0.3 is 5.32 Å². The first-order valence-corrected chi connectivity index (χ1v) is 13.1. The Hall–Kier alpha value is -3.56. The lowest BCUT2D eigenvalue weighted by Crippen LogP contribution is -2.25. The lowest BCUT2D eigenvalue weighted by Gasteiger charge is -2.12. The van der Waals surface area contributed by atoms with Gasteiger partial charge in [-0.05, 0) is 48.7 Å². The van der Waals surface area contributed by atoms with Crippen LogP contribution < -0.4 is 10.0 Å². The average Bonchev–Trinajstić information content (AvgIpc) is 3.25. The maximum absolute atomic E-state index is 13.2. The molecular weight excluding hydrogens is 462 g/mol. The maximum Gasteiger partial charge on any atom is 0.252 e. The van der Waals surface area contributed by atoms with Crippen molar-refractivity contribution in [2.24, 2.45) is 0 Å². The van der Waals surface area contributed by atoms with Gasteiger partial charge in [-0.25, -0.2) is 22.8 Å². The second-order valence-corrected chi connectivity index (χ2v) is 10.4.